The molecule has 0 bridgehead atoms. The third-order valence-electron chi connectivity index (χ3n) is 3.72. The number of rotatable bonds is 13. The van der Waals surface area contributed by atoms with Crippen LogP contribution in [0, 0.1) is 0 Å². The van der Waals surface area contributed by atoms with Gasteiger partial charge in [0.2, 0.25) is 0 Å². The molecule has 0 aliphatic heterocycles. The van der Waals surface area contributed by atoms with Crippen LogP contribution in [0.2, 0.25) is 0 Å². The summed E-state index contributed by atoms with van der Waals surface area (Å²) in [4.78, 5) is 13.9. The van der Waals surface area contributed by atoms with E-state index >= 15 is 0 Å². The van der Waals surface area contributed by atoms with Crippen LogP contribution in [0.3, 0.4) is 0 Å². The molecule has 0 heterocycles. The Balaban J connectivity index is 4.07. The molecule has 0 aromatic heterocycles. The summed E-state index contributed by atoms with van der Waals surface area (Å²) in [6.07, 6.45) is 6.08. The number of hydrogen-bond acceptors (Lipinski definition) is 3. The fraction of sp³-hybridized carbons (Fsp3) is 0.938. The van der Waals surface area contributed by atoms with Crippen molar-refractivity contribution in [2.24, 2.45) is 0 Å². The van der Waals surface area contributed by atoms with Crippen LogP contribution in [0.5, 0.6) is 0 Å². The molecule has 0 amide bonds. The van der Waals surface area contributed by atoms with Crippen LogP contribution in [0.4, 0.5) is 0 Å². The van der Waals surface area contributed by atoms with Gasteiger partial charge < -0.3 is 15.3 Å². The largest absolute Gasteiger partial charge is 0.480 e. The maximum absolute atomic E-state index is 11.4. The van der Waals surface area contributed by atoms with Crippen molar-refractivity contribution < 1.29 is 9.90 Å². The van der Waals surface area contributed by atoms with Crippen LogP contribution in [-0.2, 0) is 4.79 Å². The molecule has 0 spiro atoms. The molecule has 1 unspecified atom stereocenters. The van der Waals surface area contributed by atoms with Crippen molar-refractivity contribution in [3.8, 4) is 0 Å². The van der Waals surface area contributed by atoms with Crippen molar-refractivity contribution in [3.63, 3.8) is 0 Å². The Morgan fingerprint density at radius 1 is 1.05 bits per heavy atom. The van der Waals surface area contributed by atoms with Crippen molar-refractivity contribution in [1.29, 1.82) is 0 Å². The zero-order chi connectivity index (χ0) is 15.4. The highest BCUT2D eigenvalue weighted by Gasteiger charge is 2.31. The Kier molecular flexibility index (Phi) is 10.8. The standard InChI is InChI=1S/C16H34N2O2/c1-5-11-17-16(4,15(19)20)10-8-9-14-18(12-6-2)13-7-3/h17H,5-14H2,1-4H3,(H,19,20). The maximum atomic E-state index is 11.4. The molecule has 2 N–H and O–H groups in total. The van der Waals surface area contributed by atoms with Gasteiger partial charge in [-0.05, 0) is 71.6 Å². The van der Waals surface area contributed by atoms with E-state index in [9.17, 15) is 9.90 Å². The molecule has 1 atom stereocenters. The lowest BCUT2D eigenvalue weighted by Crippen LogP contribution is -2.49. The van der Waals surface area contributed by atoms with Gasteiger partial charge >= 0.3 is 5.97 Å². The van der Waals surface area contributed by atoms with Crippen LogP contribution in [0.25, 0.3) is 0 Å². The fourth-order valence-electron chi connectivity index (χ4n) is 2.45. The summed E-state index contributed by atoms with van der Waals surface area (Å²) in [6, 6.07) is 0. The number of carboxylic acids is 1. The van der Waals surface area contributed by atoms with Crippen molar-refractivity contribution in [2.45, 2.75) is 71.8 Å². The van der Waals surface area contributed by atoms with E-state index in [1.807, 2.05) is 0 Å². The molecule has 4 nitrogen and oxygen atoms in total. The van der Waals surface area contributed by atoms with Crippen LogP contribution >= 0.6 is 0 Å². The highest BCUT2D eigenvalue weighted by molar-refractivity contribution is 5.78. The Bertz CT molecular complexity index is 253. The molecule has 120 valence electrons. The van der Waals surface area contributed by atoms with E-state index in [0.29, 0.717) is 6.42 Å². The summed E-state index contributed by atoms with van der Waals surface area (Å²) in [5.41, 5.74) is -0.768. The van der Waals surface area contributed by atoms with Gasteiger partial charge in [-0.3, -0.25) is 4.79 Å². The predicted molar refractivity (Wildman–Crippen MR) is 85.2 cm³/mol. The molecule has 0 saturated carbocycles. The number of hydrogen-bond donors (Lipinski definition) is 2. The molecule has 0 fully saturated rings. The van der Waals surface area contributed by atoms with Gasteiger partial charge in [-0.1, -0.05) is 20.8 Å². The van der Waals surface area contributed by atoms with Crippen molar-refractivity contribution in [1.82, 2.24) is 10.2 Å². The van der Waals surface area contributed by atoms with E-state index in [0.717, 1.165) is 45.4 Å². The summed E-state index contributed by atoms with van der Waals surface area (Å²) in [7, 11) is 0. The quantitative estimate of drug-likeness (QED) is 0.511. The Labute approximate surface area is 124 Å². The van der Waals surface area contributed by atoms with Crippen molar-refractivity contribution in [3.05, 3.63) is 0 Å². The summed E-state index contributed by atoms with van der Waals surface area (Å²) in [6.45, 7) is 12.4. The van der Waals surface area contributed by atoms with Gasteiger partial charge in [0, 0.05) is 0 Å². The summed E-state index contributed by atoms with van der Waals surface area (Å²) < 4.78 is 0. The second-order valence-electron chi connectivity index (χ2n) is 5.86. The van der Waals surface area contributed by atoms with Gasteiger partial charge in [-0.15, -0.1) is 0 Å². The highest BCUT2D eigenvalue weighted by atomic mass is 16.4. The SMILES string of the molecule is CCCNC(C)(CCCCN(CCC)CCC)C(=O)O. The number of nitrogens with zero attached hydrogens (tertiary/aromatic N) is 1. The molecular weight excluding hydrogens is 252 g/mol. The minimum absolute atomic E-state index is 0.703. The van der Waals surface area contributed by atoms with Gasteiger partial charge in [0.05, 0.1) is 0 Å². The molecule has 0 rings (SSSR count). The smallest absolute Gasteiger partial charge is 0.323 e. The number of carboxylic acid groups (broad SMARTS) is 1. The van der Waals surface area contributed by atoms with E-state index in [4.69, 9.17) is 0 Å². The molecular formula is C16H34N2O2. The van der Waals surface area contributed by atoms with Gasteiger partial charge in [-0.25, -0.2) is 0 Å². The van der Waals surface area contributed by atoms with Crippen LogP contribution in [0.1, 0.15) is 66.2 Å². The Hall–Kier alpha value is -0.610. The average Bonchev–Trinajstić information content (AvgIpc) is 2.41. The van der Waals surface area contributed by atoms with Crippen LogP contribution < -0.4 is 5.32 Å². The molecule has 0 aliphatic rings. The molecule has 0 aromatic rings. The summed E-state index contributed by atoms with van der Waals surface area (Å²) >= 11 is 0. The first kappa shape index (κ1) is 19.4. The minimum atomic E-state index is -0.768. The highest BCUT2D eigenvalue weighted by Crippen LogP contribution is 2.15. The Morgan fingerprint density at radius 2 is 1.65 bits per heavy atom. The maximum Gasteiger partial charge on any atom is 0.323 e. The van der Waals surface area contributed by atoms with E-state index in [2.05, 4.69) is 31.0 Å². The van der Waals surface area contributed by atoms with E-state index in [1.165, 1.54) is 12.8 Å². The number of unbranched alkanes of at least 4 members (excludes halogenated alkanes) is 1. The number of carbonyl (C=O) groups is 1. The number of nitrogens with one attached hydrogen (secondary N) is 1. The molecule has 0 aromatic carbocycles. The summed E-state index contributed by atoms with van der Waals surface area (Å²) in [5.74, 6) is -0.732. The predicted octanol–water partition coefficient (Wildman–Crippen LogP) is 3.12. The van der Waals surface area contributed by atoms with Crippen molar-refractivity contribution >= 4 is 5.97 Å². The Morgan fingerprint density at radius 3 is 2.10 bits per heavy atom. The second kappa shape index (κ2) is 11.1. The monoisotopic (exact) mass is 286 g/mol. The minimum Gasteiger partial charge on any atom is -0.480 e. The molecule has 0 saturated heterocycles. The zero-order valence-corrected chi connectivity index (χ0v) is 13.9. The van der Waals surface area contributed by atoms with E-state index in [-0.39, 0.29) is 0 Å². The third-order valence-corrected chi connectivity index (χ3v) is 3.72. The third kappa shape index (κ3) is 7.85. The second-order valence-corrected chi connectivity index (χ2v) is 5.86. The van der Waals surface area contributed by atoms with Crippen molar-refractivity contribution in [2.75, 3.05) is 26.2 Å². The van der Waals surface area contributed by atoms with Gasteiger partial charge in [0.25, 0.3) is 0 Å². The topological polar surface area (TPSA) is 52.6 Å². The van der Waals surface area contributed by atoms with Gasteiger partial charge in [-0.2, -0.15) is 0 Å². The number of aliphatic carboxylic acids is 1. The molecule has 4 heteroatoms. The first-order valence-electron chi connectivity index (χ1n) is 8.20. The molecule has 20 heavy (non-hydrogen) atoms. The first-order valence-corrected chi connectivity index (χ1v) is 8.20. The summed E-state index contributed by atoms with van der Waals surface area (Å²) in [5, 5.41) is 12.5. The zero-order valence-electron chi connectivity index (χ0n) is 13.9. The van der Waals surface area contributed by atoms with E-state index in [1.54, 1.807) is 6.92 Å². The van der Waals surface area contributed by atoms with Gasteiger partial charge in [0.1, 0.15) is 5.54 Å². The van der Waals surface area contributed by atoms with Crippen LogP contribution in [-0.4, -0.2) is 47.7 Å². The van der Waals surface area contributed by atoms with Gasteiger partial charge in [0.15, 0.2) is 0 Å². The molecule has 0 aliphatic carbocycles. The molecule has 0 radical (unpaired) electrons. The average molecular weight is 286 g/mol. The lowest BCUT2D eigenvalue weighted by molar-refractivity contribution is -0.144. The first-order chi connectivity index (χ1) is 9.50. The lowest BCUT2D eigenvalue weighted by atomic mass is 9.94. The van der Waals surface area contributed by atoms with E-state index < -0.39 is 11.5 Å². The lowest BCUT2D eigenvalue weighted by Gasteiger charge is -2.27. The fourth-order valence-corrected chi connectivity index (χ4v) is 2.45. The van der Waals surface area contributed by atoms with Crippen LogP contribution in [0.15, 0.2) is 0 Å². The normalized spacial score (nSPS) is 14.4.